The molecule has 3 rings (SSSR count). The highest BCUT2D eigenvalue weighted by molar-refractivity contribution is 7.70. The number of nitrogens with one attached hydrogen (secondary N) is 1. The lowest BCUT2D eigenvalue weighted by atomic mass is 10.1. The van der Waals surface area contributed by atoms with Crippen LogP contribution in [0.2, 0.25) is 5.28 Å². The van der Waals surface area contributed by atoms with E-state index in [9.17, 15) is 28.6 Å². The molecule has 6 N–H and O–H groups in total. The third kappa shape index (κ3) is 7.74. The first-order chi connectivity index (χ1) is 17.2. The molecule has 5 atom stereocenters. The van der Waals surface area contributed by atoms with Gasteiger partial charge in [0.25, 0.3) is 0 Å². The van der Waals surface area contributed by atoms with Crippen LogP contribution in [0.4, 0.5) is 10.2 Å². The Labute approximate surface area is 214 Å². The molecule has 3 aromatic rings. The van der Waals surface area contributed by atoms with Crippen LogP contribution in [0.25, 0.3) is 11.0 Å². The molecule has 1 unspecified atom stereocenters. The second-order valence-electron chi connectivity index (χ2n) is 8.00. The average Bonchev–Trinajstić information content (AvgIpc) is 3.21. The van der Waals surface area contributed by atoms with Crippen molar-refractivity contribution < 1.29 is 47.7 Å². The van der Waals surface area contributed by atoms with Gasteiger partial charge in [-0.05, 0) is 36.2 Å². The Hall–Kier alpha value is -2.03. The summed E-state index contributed by atoms with van der Waals surface area (Å²) in [4.78, 5) is 35.6. The van der Waals surface area contributed by atoms with Crippen molar-refractivity contribution in [1.82, 2.24) is 19.7 Å². The maximum Gasteiger partial charge on any atom is 0.340 e. The third-order valence-corrected chi connectivity index (χ3v) is 8.82. The van der Waals surface area contributed by atoms with E-state index in [1.165, 1.54) is 18.3 Å². The number of benzene rings is 1. The van der Waals surface area contributed by atoms with Crippen LogP contribution >= 0.6 is 26.8 Å². The summed E-state index contributed by atoms with van der Waals surface area (Å²) in [6.45, 7) is 1.01. The summed E-state index contributed by atoms with van der Waals surface area (Å²) in [7, 11) is -8.47. The van der Waals surface area contributed by atoms with Crippen LogP contribution in [-0.2, 0) is 18.4 Å². The van der Waals surface area contributed by atoms with Crippen LogP contribution in [0.15, 0.2) is 30.5 Å². The summed E-state index contributed by atoms with van der Waals surface area (Å²) in [6.07, 6.45) is -3.73. The number of fused-ring (bicyclic) bond motifs is 1. The Bertz CT molecular complexity index is 1330. The minimum atomic E-state index is -4.86. The summed E-state index contributed by atoms with van der Waals surface area (Å²) in [5.74, 6) is -1.58. The lowest BCUT2D eigenvalue weighted by Gasteiger charge is -2.26. The second kappa shape index (κ2) is 11.8. The van der Waals surface area contributed by atoms with Gasteiger partial charge in [0.1, 0.15) is 23.8 Å². The Kier molecular flexibility index (Phi) is 9.41. The molecule has 0 fully saturated rings. The van der Waals surface area contributed by atoms with Crippen molar-refractivity contribution in [3.05, 3.63) is 47.1 Å². The van der Waals surface area contributed by atoms with E-state index < -0.39 is 46.1 Å². The molecule has 1 aromatic carbocycles. The van der Waals surface area contributed by atoms with Crippen LogP contribution in [-0.4, -0.2) is 76.5 Å². The van der Waals surface area contributed by atoms with Crippen LogP contribution in [0.1, 0.15) is 24.8 Å². The van der Waals surface area contributed by atoms with Crippen LogP contribution in [0.5, 0.6) is 0 Å². The number of halogens is 2. The highest BCUT2D eigenvalue weighted by Crippen LogP contribution is 2.55. The fraction of sp³-hybridized carbons (Fsp3) is 0.421. The van der Waals surface area contributed by atoms with Gasteiger partial charge in [-0.3, -0.25) is 9.13 Å². The van der Waals surface area contributed by atoms with Gasteiger partial charge in [0.2, 0.25) is 5.28 Å². The van der Waals surface area contributed by atoms with Crippen molar-refractivity contribution in [2.75, 3.05) is 24.9 Å². The molecule has 37 heavy (non-hydrogen) atoms. The standard InChI is InChI=1S/C19H25ClFN5O9P2/c1-10(11-3-5-12(21)6-4-11)23-16-13-7-22-26(17(13)25-19(20)24-16)18(28)15(27)14(34-2)8-35-37(32,33)9-36(29,30)31/h3-7,10,14-15,18,27-28H,8-9H2,1-2H3,(H,32,33)(H,23,24,25)(H2,29,30,31)/t10-,14-,15-,18-/m1/s1. The van der Waals surface area contributed by atoms with Gasteiger partial charge in [-0.1, -0.05) is 12.1 Å². The molecule has 0 bridgehead atoms. The first kappa shape index (κ1) is 29.5. The van der Waals surface area contributed by atoms with E-state index in [-0.39, 0.29) is 28.6 Å². The van der Waals surface area contributed by atoms with Gasteiger partial charge >= 0.3 is 15.2 Å². The van der Waals surface area contributed by atoms with Crippen molar-refractivity contribution in [3.8, 4) is 0 Å². The summed E-state index contributed by atoms with van der Waals surface area (Å²) in [6, 6.07) is 5.46. The molecule has 0 aliphatic heterocycles. The zero-order valence-corrected chi connectivity index (χ0v) is 22.0. The Morgan fingerprint density at radius 2 is 1.81 bits per heavy atom. The Morgan fingerprint density at radius 3 is 2.41 bits per heavy atom. The summed E-state index contributed by atoms with van der Waals surface area (Å²) >= 11 is 6.07. The van der Waals surface area contributed by atoms with Crippen molar-refractivity contribution in [1.29, 1.82) is 0 Å². The van der Waals surface area contributed by atoms with E-state index >= 15 is 0 Å². The number of methoxy groups -OCH3 is 1. The molecule has 0 radical (unpaired) electrons. The number of ether oxygens (including phenoxy) is 1. The number of hydrogen-bond acceptors (Lipinski definition) is 10. The van der Waals surface area contributed by atoms with E-state index in [4.69, 9.17) is 26.1 Å². The molecule has 0 spiro atoms. The van der Waals surface area contributed by atoms with Crippen LogP contribution < -0.4 is 5.32 Å². The lowest BCUT2D eigenvalue weighted by molar-refractivity contribution is -0.117. The van der Waals surface area contributed by atoms with Crippen molar-refractivity contribution in [3.63, 3.8) is 0 Å². The minimum absolute atomic E-state index is 0.0189. The predicted molar refractivity (Wildman–Crippen MR) is 130 cm³/mol. The Morgan fingerprint density at radius 1 is 1.16 bits per heavy atom. The molecular weight excluding hydrogens is 559 g/mol. The molecule has 2 heterocycles. The zero-order chi connectivity index (χ0) is 27.5. The number of aliphatic hydroxyl groups excluding tert-OH is 2. The number of anilines is 1. The molecule has 2 aromatic heterocycles. The SMILES string of the molecule is CO[C@H](COP(=O)(O)CP(=O)(O)O)[C@@H](O)[C@@H](O)n1ncc2c(N[C@H](C)c3ccc(F)cc3)nc(Cl)nc21. The van der Waals surface area contributed by atoms with Gasteiger partial charge in [0.05, 0.1) is 18.2 Å². The fourth-order valence-electron chi connectivity index (χ4n) is 3.35. The Balaban J connectivity index is 1.81. The quantitative estimate of drug-likeness (QED) is 0.133. The number of nitrogens with zero attached hydrogens (tertiary/aromatic N) is 4. The van der Waals surface area contributed by atoms with Crippen LogP contribution in [0.3, 0.4) is 0 Å². The molecule has 204 valence electrons. The first-order valence-electron chi connectivity index (χ1n) is 10.5. The first-order valence-corrected chi connectivity index (χ1v) is 14.5. The average molecular weight is 584 g/mol. The zero-order valence-electron chi connectivity index (χ0n) is 19.4. The number of rotatable bonds is 12. The highest BCUT2D eigenvalue weighted by Gasteiger charge is 2.35. The molecule has 0 saturated heterocycles. The maximum absolute atomic E-state index is 13.2. The van der Waals surface area contributed by atoms with Crippen molar-refractivity contribution in [2.45, 2.75) is 31.4 Å². The normalized spacial score (nSPS) is 17.2. The lowest BCUT2D eigenvalue weighted by Crippen LogP contribution is -2.39. The molecule has 18 heteroatoms. The largest absolute Gasteiger partial charge is 0.386 e. The number of hydrogen-bond donors (Lipinski definition) is 6. The molecule has 0 aliphatic rings. The van der Waals surface area contributed by atoms with E-state index in [0.717, 1.165) is 17.4 Å². The highest BCUT2D eigenvalue weighted by atomic mass is 35.5. The summed E-state index contributed by atoms with van der Waals surface area (Å²) in [5, 5.41) is 28.6. The van der Waals surface area contributed by atoms with E-state index in [1.807, 2.05) is 0 Å². The van der Waals surface area contributed by atoms with E-state index in [2.05, 4.69) is 24.9 Å². The van der Waals surface area contributed by atoms with Gasteiger partial charge in [-0.15, -0.1) is 0 Å². The smallest absolute Gasteiger partial charge is 0.340 e. The number of aromatic nitrogens is 4. The summed E-state index contributed by atoms with van der Waals surface area (Å²) < 4.78 is 46.8. The van der Waals surface area contributed by atoms with Crippen LogP contribution in [0, 0.1) is 5.82 Å². The van der Waals surface area contributed by atoms with Crippen molar-refractivity contribution >= 4 is 43.6 Å². The molecule has 0 aliphatic carbocycles. The summed E-state index contributed by atoms with van der Waals surface area (Å²) in [5.41, 5.74) is 0.764. The minimum Gasteiger partial charge on any atom is -0.386 e. The number of aliphatic hydroxyl groups is 2. The monoisotopic (exact) mass is 583 g/mol. The second-order valence-corrected chi connectivity index (χ2v) is 12.3. The van der Waals surface area contributed by atoms with Gasteiger partial charge < -0.3 is 39.5 Å². The molecule has 0 saturated carbocycles. The molecular formula is C19H25ClFN5O9P2. The van der Waals surface area contributed by atoms with Gasteiger partial charge in [0, 0.05) is 13.2 Å². The third-order valence-electron chi connectivity index (χ3n) is 5.19. The van der Waals surface area contributed by atoms with Gasteiger partial charge in [-0.2, -0.15) is 15.1 Å². The predicted octanol–water partition coefficient (Wildman–Crippen LogP) is 2.00. The maximum atomic E-state index is 13.2. The topological polar surface area (TPSA) is 209 Å². The van der Waals surface area contributed by atoms with E-state index in [1.54, 1.807) is 19.1 Å². The van der Waals surface area contributed by atoms with Gasteiger partial charge in [-0.25, -0.2) is 9.07 Å². The van der Waals surface area contributed by atoms with Gasteiger partial charge in [0.15, 0.2) is 17.8 Å². The van der Waals surface area contributed by atoms with E-state index in [0.29, 0.717) is 5.39 Å². The molecule has 0 amide bonds. The van der Waals surface area contributed by atoms with Crippen molar-refractivity contribution in [2.24, 2.45) is 0 Å². The fourth-order valence-corrected chi connectivity index (χ4v) is 6.08. The molecule has 14 nitrogen and oxygen atoms in total.